The van der Waals surface area contributed by atoms with Crippen LogP contribution >= 0.6 is 43.0 Å². The number of benzene rings is 1. The molecule has 1 fully saturated rings. The van der Waals surface area contributed by atoms with Gasteiger partial charge in [-0.3, -0.25) is 4.57 Å². The third-order valence-corrected chi connectivity index (χ3v) is 7.69. The van der Waals surface area contributed by atoms with Crippen molar-refractivity contribution >= 4 is 43.0 Å². The SMILES string of the molecule is C[C@@H](NC[C@@H](O)CP(=O)(O)CC1CCCCC1)c1ccc(Cl)c(Cl)c1.Cl. The minimum atomic E-state index is -3.29. The highest BCUT2D eigenvalue weighted by atomic mass is 35.5. The van der Waals surface area contributed by atoms with Gasteiger partial charge in [-0.2, -0.15) is 0 Å². The molecule has 0 radical (unpaired) electrons. The van der Waals surface area contributed by atoms with Crippen molar-refractivity contribution in [2.75, 3.05) is 18.9 Å². The second-order valence-electron chi connectivity index (χ2n) is 7.17. The van der Waals surface area contributed by atoms with Gasteiger partial charge in [0, 0.05) is 18.7 Å². The second kappa shape index (κ2) is 11.3. The van der Waals surface area contributed by atoms with Gasteiger partial charge in [0.05, 0.1) is 22.3 Å². The van der Waals surface area contributed by atoms with Crippen molar-refractivity contribution in [1.82, 2.24) is 5.32 Å². The number of halogens is 3. The van der Waals surface area contributed by atoms with Crippen LogP contribution in [0.15, 0.2) is 18.2 Å². The normalized spacial score (nSPS) is 20.0. The summed E-state index contributed by atoms with van der Waals surface area (Å²) in [6, 6.07) is 5.35. The Hall–Kier alpha value is 0.200. The highest BCUT2D eigenvalue weighted by Gasteiger charge is 2.28. The van der Waals surface area contributed by atoms with Gasteiger partial charge in [0.25, 0.3) is 0 Å². The molecule has 26 heavy (non-hydrogen) atoms. The molecule has 3 atom stereocenters. The van der Waals surface area contributed by atoms with Crippen LogP contribution in [0.3, 0.4) is 0 Å². The van der Waals surface area contributed by atoms with E-state index in [1.165, 1.54) is 6.42 Å². The molecule has 4 nitrogen and oxygen atoms in total. The van der Waals surface area contributed by atoms with Crippen LogP contribution < -0.4 is 5.32 Å². The molecule has 8 heteroatoms. The van der Waals surface area contributed by atoms with Crippen LogP contribution in [0.5, 0.6) is 0 Å². The van der Waals surface area contributed by atoms with Gasteiger partial charge in [0.2, 0.25) is 7.37 Å². The molecule has 0 amide bonds. The molecular formula is C18H29Cl3NO3P. The maximum absolute atomic E-state index is 12.4. The van der Waals surface area contributed by atoms with Crippen LogP contribution in [0.25, 0.3) is 0 Å². The van der Waals surface area contributed by atoms with Crippen LogP contribution in [0.2, 0.25) is 10.0 Å². The molecule has 2 rings (SSSR count). The maximum atomic E-state index is 12.4. The molecule has 0 aliphatic heterocycles. The van der Waals surface area contributed by atoms with Crippen molar-refractivity contribution in [3.63, 3.8) is 0 Å². The zero-order valence-corrected chi connectivity index (χ0v) is 18.3. The van der Waals surface area contributed by atoms with E-state index < -0.39 is 13.5 Å². The number of rotatable bonds is 8. The Kier molecular flexibility index (Phi) is 10.5. The largest absolute Gasteiger partial charge is 0.391 e. The summed E-state index contributed by atoms with van der Waals surface area (Å²) in [6.45, 7) is 2.21. The summed E-state index contributed by atoms with van der Waals surface area (Å²) in [5.41, 5.74) is 0.955. The molecule has 1 aromatic carbocycles. The third kappa shape index (κ3) is 8.06. The first kappa shape index (κ1) is 24.2. The van der Waals surface area contributed by atoms with E-state index in [0.29, 0.717) is 22.1 Å². The smallest absolute Gasteiger partial charge is 0.203 e. The Labute approximate surface area is 172 Å². The van der Waals surface area contributed by atoms with E-state index in [1.807, 2.05) is 13.0 Å². The van der Waals surface area contributed by atoms with Gasteiger partial charge in [-0.1, -0.05) is 48.5 Å². The molecule has 1 aliphatic rings. The standard InChI is InChI=1S/C18H28Cl2NO3P.ClH/c1-13(15-7-8-17(19)18(20)9-15)21-10-16(22)12-25(23,24)11-14-5-3-2-4-6-14;/h7-9,13-14,16,21-22H,2-6,10-12H2,1H3,(H,23,24);1H/t13-,16-;/m1./s1. The quantitative estimate of drug-likeness (QED) is 0.477. The highest BCUT2D eigenvalue weighted by molar-refractivity contribution is 7.58. The fraction of sp³-hybridized carbons (Fsp3) is 0.667. The van der Waals surface area contributed by atoms with Gasteiger partial charge >= 0.3 is 0 Å². The minimum absolute atomic E-state index is 0. The Morgan fingerprint density at radius 3 is 2.50 bits per heavy atom. The van der Waals surface area contributed by atoms with Crippen molar-refractivity contribution in [2.45, 2.75) is 51.2 Å². The molecule has 150 valence electrons. The number of hydrogen-bond acceptors (Lipinski definition) is 3. The molecule has 1 unspecified atom stereocenters. The van der Waals surface area contributed by atoms with Crippen LogP contribution in [0.1, 0.15) is 50.6 Å². The first-order valence-electron chi connectivity index (χ1n) is 8.94. The summed E-state index contributed by atoms with van der Waals surface area (Å²) in [5.74, 6) is 0.333. The van der Waals surface area contributed by atoms with Gasteiger partial charge in [0.15, 0.2) is 0 Å². The van der Waals surface area contributed by atoms with E-state index in [-0.39, 0.29) is 31.2 Å². The monoisotopic (exact) mass is 443 g/mol. The summed E-state index contributed by atoms with van der Waals surface area (Å²) in [4.78, 5) is 10.2. The van der Waals surface area contributed by atoms with Gasteiger partial charge < -0.3 is 15.3 Å². The zero-order valence-electron chi connectivity index (χ0n) is 15.0. The first-order chi connectivity index (χ1) is 11.8. The lowest BCUT2D eigenvalue weighted by Gasteiger charge is -2.25. The van der Waals surface area contributed by atoms with Gasteiger partial charge in [-0.05, 0) is 43.4 Å². The summed E-state index contributed by atoms with van der Waals surface area (Å²) in [5, 5.41) is 14.3. The maximum Gasteiger partial charge on any atom is 0.203 e. The topological polar surface area (TPSA) is 69.6 Å². The highest BCUT2D eigenvalue weighted by Crippen LogP contribution is 2.45. The average molecular weight is 445 g/mol. The van der Waals surface area contributed by atoms with Crippen LogP contribution in [-0.2, 0) is 4.57 Å². The van der Waals surface area contributed by atoms with Crippen molar-refractivity contribution in [3.05, 3.63) is 33.8 Å². The summed E-state index contributed by atoms with van der Waals surface area (Å²) >= 11 is 11.9. The first-order valence-corrected chi connectivity index (χ1v) is 11.7. The summed E-state index contributed by atoms with van der Waals surface area (Å²) in [7, 11) is -3.29. The lowest BCUT2D eigenvalue weighted by atomic mass is 9.91. The lowest BCUT2D eigenvalue weighted by Crippen LogP contribution is -2.32. The molecule has 1 aromatic rings. The van der Waals surface area contributed by atoms with E-state index in [0.717, 1.165) is 31.2 Å². The molecule has 0 saturated heterocycles. The molecule has 1 aliphatic carbocycles. The molecular weight excluding hydrogens is 416 g/mol. The van der Waals surface area contributed by atoms with Gasteiger partial charge in [-0.25, -0.2) is 0 Å². The van der Waals surface area contributed by atoms with Crippen LogP contribution in [0.4, 0.5) is 0 Å². The molecule has 0 aromatic heterocycles. The summed E-state index contributed by atoms with van der Waals surface area (Å²) < 4.78 is 12.4. The van der Waals surface area contributed by atoms with Gasteiger partial charge in [0.1, 0.15) is 0 Å². The predicted molar refractivity (Wildman–Crippen MR) is 112 cm³/mol. The summed E-state index contributed by atoms with van der Waals surface area (Å²) in [6.07, 6.45) is 5.04. The number of hydrogen-bond donors (Lipinski definition) is 3. The van der Waals surface area contributed by atoms with E-state index in [9.17, 15) is 14.6 Å². The Bertz CT molecular complexity index is 611. The fourth-order valence-electron chi connectivity index (χ4n) is 3.45. The molecule has 3 N–H and O–H groups in total. The Morgan fingerprint density at radius 2 is 1.88 bits per heavy atom. The molecule has 0 heterocycles. The number of aliphatic hydroxyl groups is 1. The molecule has 0 bridgehead atoms. The van der Waals surface area contributed by atoms with E-state index in [4.69, 9.17) is 23.2 Å². The van der Waals surface area contributed by atoms with Crippen molar-refractivity contribution in [3.8, 4) is 0 Å². The number of nitrogens with one attached hydrogen (secondary N) is 1. The Balaban J connectivity index is 0.00000338. The van der Waals surface area contributed by atoms with Crippen LogP contribution in [-0.4, -0.2) is 35.0 Å². The number of aliphatic hydroxyl groups excluding tert-OH is 1. The molecule has 0 spiro atoms. The van der Waals surface area contributed by atoms with E-state index in [2.05, 4.69) is 5.32 Å². The predicted octanol–water partition coefficient (Wildman–Crippen LogP) is 5.28. The van der Waals surface area contributed by atoms with Crippen molar-refractivity contribution < 1.29 is 14.6 Å². The average Bonchev–Trinajstić information content (AvgIpc) is 2.55. The van der Waals surface area contributed by atoms with Gasteiger partial charge in [-0.15, -0.1) is 12.4 Å². The Morgan fingerprint density at radius 1 is 1.23 bits per heavy atom. The lowest BCUT2D eigenvalue weighted by molar-refractivity contribution is 0.186. The van der Waals surface area contributed by atoms with Crippen molar-refractivity contribution in [1.29, 1.82) is 0 Å². The zero-order chi connectivity index (χ0) is 18.4. The third-order valence-electron chi connectivity index (χ3n) is 4.87. The van der Waals surface area contributed by atoms with Crippen molar-refractivity contribution in [2.24, 2.45) is 5.92 Å². The van der Waals surface area contributed by atoms with Crippen LogP contribution in [0, 0.1) is 5.92 Å². The van der Waals surface area contributed by atoms with E-state index >= 15 is 0 Å². The second-order valence-corrected chi connectivity index (χ2v) is 10.4. The molecule has 1 saturated carbocycles. The minimum Gasteiger partial charge on any atom is -0.391 e. The fourth-order valence-corrected chi connectivity index (χ4v) is 5.87. The van der Waals surface area contributed by atoms with E-state index in [1.54, 1.807) is 12.1 Å².